The van der Waals surface area contributed by atoms with E-state index in [2.05, 4.69) is 19.1 Å². The van der Waals surface area contributed by atoms with E-state index < -0.39 is 9.84 Å². The second kappa shape index (κ2) is 5.28. The van der Waals surface area contributed by atoms with Gasteiger partial charge < -0.3 is 5.73 Å². The molecule has 1 heterocycles. The Hall–Kier alpha value is -1.65. The number of benzene rings is 2. The first kappa shape index (κ1) is 14.3. The molecule has 2 unspecified atom stereocenters. The van der Waals surface area contributed by atoms with Crippen molar-refractivity contribution in [3.63, 3.8) is 0 Å². The van der Waals surface area contributed by atoms with Gasteiger partial charge in [-0.2, -0.15) is 0 Å². The molecule has 2 atom stereocenters. The van der Waals surface area contributed by atoms with E-state index in [-0.39, 0.29) is 17.7 Å². The molecular weight excluding hydrogens is 282 g/mol. The fourth-order valence-electron chi connectivity index (χ4n) is 3.08. The van der Waals surface area contributed by atoms with Crippen LogP contribution in [0.15, 0.2) is 53.4 Å². The first-order valence-electron chi connectivity index (χ1n) is 7.11. The second-order valence-corrected chi connectivity index (χ2v) is 7.72. The van der Waals surface area contributed by atoms with Gasteiger partial charge >= 0.3 is 0 Å². The minimum absolute atomic E-state index is 0.120. The maximum absolute atomic E-state index is 12.2. The van der Waals surface area contributed by atoms with Crippen LogP contribution in [0.1, 0.15) is 22.6 Å². The molecule has 1 aliphatic rings. The zero-order chi connectivity index (χ0) is 15.0. The smallest absolute Gasteiger partial charge is 0.179 e. The average Bonchev–Trinajstić information content (AvgIpc) is 2.74. The van der Waals surface area contributed by atoms with Crippen molar-refractivity contribution in [2.45, 2.75) is 30.2 Å². The molecule has 0 fully saturated rings. The summed E-state index contributed by atoms with van der Waals surface area (Å²) in [5, 5.41) is 0. The lowest BCUT2D eigenvalue weighted by Gasteiger charge is -2.20. The summed E-state index contributed by atoms with van der Waals surface area (Å²) in [6.07, 6.45) is 0.696. The molecule has 3 nitrogen and oxygen atoms in total. The highest BCUT2D eigenvalue weighted by Crippen LogP contribution is 2.37. The van der Waals surface area contributed by atoms with Gasteiger partial charge in [0.05, 0.1) is 10.6 Å². The lowest BCUT2D eigenvalue weighted by molar-refractivity contribution is 0.558. The molecule has 110 valence electrons. The molecule has 21 heavy (non-hydrogen) atoms. The summed E-state index contributed by atoms with van der Waals surface area (Å²) in [5.41, 5.74) is 9.61. The van der Waals surface area contributed by atoms with Gasteiger partial charge in [0.25, 0.3) is 0 Å². The Labute approximate surface area is 125 Å². The minimum atomic E-state index is -3.18. The molecule has 3 rings (SSSR count). The molecule has 4 heteroatoms. The summed E-state index contributed by atoms with van der Waals surface area (Å²) in [7, 11) is -3.18. The number of sulfone groups is 1. The molecule has 0 aromatic heterocycles. The molecule has 0 aliphatic carbocycles. The van der Waals surface area contributed by atoms with Crippen molar-refractivity contribution in [1.82, 2.24) is 0 Å². The van der Waals surface area contributed by atoms with Gasteiger partial charge in [-0.05, 0) is 36.1 Å². The monoisotopic (exact) mass is 301 g/mol. The maximum atomic E-state index is 12.2. The highest BCUT2D eigenvalue weighted by atomic mass is 32.2. The van der Waals surface area contributed by atoms with Crippen LogP contribution in [0.5, 0.6) is 0 Å². The fraction of sp³-hybridized carbons (Fsp3) is 0.294. The number of aryl methyl sites for hydroxylation is 1. The molecule has 0 spiro atoms. The summed E-state index contributed by atoms with van der Waals surface area (Å²) in [5.74, 6) is 0.00478. The average molecular weight is 301 g/mol. The first-order valence-corrected chi connectivity index (χ1v) is 8.76. The summed E-state index contributed by atoms with van der Waals surface area (Å²) in [4.78, 5) is 0.454. The Morgan fingerprint density at radius 2 is 1.81 bits per heavy atom. The Bertz CT molecular complexity index is 768. The number of hydrogen-bond acceptors (Lipinski definition) is 3. The highest BCUT2D eigenvalue weighted by molar-refractivity contribution is 7.91. The first-order chi connectivity index (χ1) is 9.99. The van der Waals surface area contributed by atoms with Gasteiger partial charge in [0.2, 0.25) is 0 Å². The van der Waals surface area contributed by atoms with Gasteiger partial charge in [-0.15, -0.1) is 0 Å². The van der Waals surface area contributed by atoms with Gasteiger partial charge in [-0.1, -0.05) is 42.5 Å². The molecule has 0 saturated carbocycles. The summed E-state index contributed by atoms with van der Waals surface area (Å²) < 4.78 is 24.5. The summed E-state index contributed by atoms with van der Waals surface area (Å²) in [6.45, 7) is 2.06. The van der Waals surface area contributed by atoms with E-state index in [9.17, 15) is 8.42 Å². The van der Waals surface area contributed by atoms with Gasteiger partial charge in [0.15, 0.2) is 9.84 Å². The van der Waals surface area contributed by atoms with Crippen molar-refractivity contribution in [2.24, 2.45) is 5.73 Å². The molecule has 0 bridgehead atoms. The zero-order valence-corrected chi connectivity index (χ0v) is 12.8. The van der Waals surface area contributed by atoms with E-state index in [1.807, 2.05) is 24.3 Å². The molecule has 2 N–H and O–H groups in total. The highest BCUT2D eigenvalue weighted by Gasteiger charge is 2.37. The van der Waals surface area contributed by atoms with E-state index in [0.717, 1.165) is 5.56 Å². The van der Waals surface area contributed by atoms with Crippen molar-refractivity contribution in [3.05, 3.63) is 65.2 Å². The van der Waals surface area contributed by atoms with E-state index in [1.54, 1.807) is 12.1 Å². The van der Waals surface area contributed by atoms with Crippen LogP contribution in [0.25, 0.3) is 0 Å². The summed E-state index contributed by atoms with van der Waals surface area (Å²) >= 11 is 0. The van der Waals surface area contributed by atoms with E-state index in [1.165, 1.54) is 11.1 Å². The number of nitrogens with two attached hydrogens (primary N) is 1. The molecule has 0 amide bonds. The van der Waals surface area contributed by atoms with Crippen LogP contribution >= 0.6 is 0 Å². The maximum Gasteiger partial charge on any atom is 0.179 e. The molecule has 0 saturated heterocycles. The van der Waals surface area contributed by atoms with Crippen LogP contribution in [0.2, 0.25) is 0 Å². The second-order valence-electron chi connectivity index (χ2n) is 5.72. The minimum Gasteiger partial charge on any atom is -0.327 e. The Morgan fingerprint density at radius 1 is 1.14 bits per heavy atom. The predicted octanol–water partition coefficient (Wildman–Crippen LogP) is 2.44. The van der Waals surface area contributed by atoms with Crippen molar-refractivity contribution in [3.8, 4) is 0 Å². The van der Waals surface area contributed by atoms with Crippen molar-refractivity contribution < 1.29 is 8.42 Å². The third-order valence-electron chi connectivity index (χ3n) is 4.29. The molecule has 2 aromatic rings. The van der Waals surface area contributed by atoms with E-state index >= 15 is 0 Å². The number of fused-ring (bicyclic) bond motifs is 1. The van der Waals surface area contributed by atoms with Gasteiger partial charge in [0.1, 0.15) is 0 Å². The van der Waals surface area contributed by atoms with Crippen molar-refractivity contribution in [1.29, 1.82) is 0 Å². The predicted molar refractivity (Wildman–Crippen MR) is 84.1 cm³/mol. The number of hydrogen-bond donors (Lipinski definition) is 1. The summed E-state index contributed by atoms with van der Waals surface area (Å²) in [6, 6.07) is 15.1. The lowest BCUT2D eigenvalue weighted by atomic mass is 9.89. The zero-order valence-electron chi connectivity index (χ0n) is 12.0. The Morgan fingerprint density at radius 3 is 2.57 bits per heavy atom. The third-order valence-corrected chi connectivity index (χ3v) is 6.13. The van der Waals surface area contributed by atoms with E-state index in [0.29, 0.717) is 11.3 Å². The van der Waals surface area contributed by atoms with Gasteiger partial charge in [-0.3, -0.25) is 0 Å². The standard InChI is InChI=1S/C17H19NO2S/c1-12-6-2-3-7-13(12)10-16(18)15-11-21(19,20)17-9-5-4-8-14(15)17/h2-9,15-16H,10-11,18H2,1H3. The number of rotatable bonds is 3. The SMILES string of the molecule is Cc1ccccc1CC(N)C1CS(=O)(=O)c2ccccc21. The Kier molecular flexibility index (Phi) is 3.59. The third kappa shape index (κ3) is 2.61. The van der Waals surface area contributed by atoms with Crippen LogP contribution in [-0.2, 0) is 16.3 Å². The van der Waals surface area contributed by atoms with Gasteiger partial charge in [0, 0.05) is 12.0 Å². The lowest BCUT2D eigenvalue weighted by Crippen LogP contribution is -2.32. The van der Waals surface area contributed by atoms with Gasteiger partial charge in [-0.25, -0.2) is 8.42 Å². The van der Waals surface area contributed by atoms with Crippen molar-refractivity contribution >= 4 is 9.84 Å². The van der Waals surface area contributed by atoms with Crippen LogP contribution in [0.3, 0.4) is 0 Å². The molecule has 1 aliphatic heterocycles. The van der Waals surface area contributed by atoms with Crippen LogP contribution in [0, 0.1) is 6.92 Å². The fourth-order valence-corrected chi connectivity index (χ4v) is 5.02. The van der Waals surface area contributed by atoms with Crippen LogP contribution in [-0.4, -0.2) is 20.2 Å². The van der Waals surface area contributed by atoms with E-state index in [4.69, 9.17) is 5.73 Å². The topological polar surface area (TPSA) is 60.2 Å². The van der Waals surface area contributed by atoms with Crippen molar-refractivity contribution in [2.75, 3.05) is 5.75 Å². The Balaban J connectivity index is 1.90. The molecule has 0 radical (unpaired) electrons. The largest absolute Gasteiger partial charge is 0.327 e. The quantitative estimate of drug-likeness (QED) is 0.947. The van der Waals surface area contributed by atoms with Crippen LogP contribution < -0.4 is 5.73 Å². The van der Waals surface area contributed by atoms with Crippen LogP contribution in [0.4, 0.5) is 0 Å². The molecule has 2 aromatic carbocycles. The molecular formula is C17H19NO2S. The normalized spacial score (nSPS) is 21.0.